The van der Waals surface area contributed by atoms with Crippen molar-refractivity contribution in [2.45, 2.75) is 24.0 Å². The van der Waals surface area contributed by atoms with Gasteiger partial charge in [0, 0.05) is 49.4 Å². The predicted octanol–water partition coefficient (Wildman–Crippen LogP) is 4.60. The molecule has 1 aliphatic heterocycles. The van der Waals surface area contributed by atoms with Gasteiger partial charge < -0.3 is 19.5 Å². The van der Waals surface area contributed by atoms with E-state index in [0.717, 1.165) is 30.7 Å². The van der Waals surface area contributed by atoms with Crippen LogP contribution in [0.1, 0.15) is 34.8 Å². The fourth-order valence-electron chi connectivity index (χ4n) is 5.21. The second-order valence-electron chi connectivity index (χ2n) is 10.3. The minimum absolute atomic E-state index is 0.0172. The van der Waals surface area contributed by atoms with E-state index in [1.807, 2.05) is 41.3 Å². The first-order valence-electron chi connectivity index (χ1n) is 13.6. The lowest BCUT2D eigenvalue weighted by molar-refractivity contribution is -0.128. The molecule has 13 heteroatoms. The van der Waals surface area contributed by atoms with Gasteiger partial charge in [-0.15, -0.1) is 0 Å². The summed E-state index contributed by atoms with van der Waals surface area (Å²) in [7, 11) is 0. The summed E-state index contributed by atoms with van der Waals surface area (Å²) in [5.74, 6) is -2.04. The van der Waals surface area contributed by atoms with Crippen LogP contribution in [0.25, 0.3) is 22.2 Å². The highest BCUT2D eigenvalue weighted by molar-refractivity contribution is 7.99. The number of carbonyl (C=O) groups excluding carboxylic acids is 1. The van der Waals surface area contributed by atoms with Gasteiger partial charge in [-0.2, -0.15) is 5.26 Å². The van der Waals surface area contributed by atoms with Crippen LogP contribution in [-0.2, 0) is 4.79 Å². The SMILES string of the molecule is N#Cc1c(Cl)nc(SCC(=O)N2CCN(c3cc4c(cc3F)c(=O)c(C(=O)O)cn4C3CC3)CC2)nc1-c1ccccc1. The number of aromatic nitrogens is 3. The summed E-state index contributed by atoms with van der Waals surface area (Å²) in [5.41, 5.74) is 1.000. The first-order valence-corrected chi connectivity index (χ1v) is 14.9. The third-order valence-electron chi connectivity index (χ3n) is 7.57. The molecule has 43 heavy (non-hydrogen) atoms. The van der Waals surface area contributed by atoms with Crippen LogP contribution in [0.5, 0.6) is 0 Å². The number of carbonyl (C=O) groups is 2. The molecule has 10 nitrogen and oxygen atoms in total. The average molecular weight is 619 g/mol. The van der Waals surface area contributed by atoms with E-state index in [-0.39, 0.29) is 44.5 Å². The summed E-state index contributed by atoms with van der Waals surface area (Å²) in [4.78, 5) is 49.6. The van der Waals surface area contributed by atoms with Gasteiger partial charge in [0.15, 0.2) is 10.3 Å². The molecule has 1 saturated carbocycles. The molecule has 4 aromatic rings. The Bertz CT molecular complexity index is 1870. The maximum Gasteiger partial charge on any atom is 0.341 e. The van der Waals surface area contributed by atoms with E-state index in [2.05, 4.69) is 9.97 Å². The molecular weight excluding hydrogens is 595 g/mol. The lowest BCUT2D eigenvalue weighted by Crippen LogP contribution is -2.49. The summed E-state index contributed by atoms with van der Waals surface area (Å²) in [6.07, 6.45) is 3.07. The highest BCUT2D eigenvalue weighted by atomic mass is 35.5. The summed E-state index contributed by atoms with van der Waals surface area (Å²) in [6.45, 7) is 1.46. The van der Waals surface area contributed by atoms with Gasteiger partial charge in [-0.1, -0.05) is 53.7 Å². The number of thioether (sulfide) groups is 1. The standard InChI is InChI=1S/C30H24ClFN6O4S/c31-28-20(14-33)26(17-4-2-1-3-5-17)34-30(35-28)43-16-25(39)37-10-8-36(9-11-37)24-13-23-19(12-22(24)32)27(40)21(29(41)42)15-38(23)18-6-7-18/h1-5,12-13,15,18H,6-11,16H2,(H,41,42). The van der Waals surface area contributed by atoms with Crippen molar-refractivity contribution in [2.75, 3.05) is 36.8 Å². The number of pyridine rings is 1. The summed E-state index contributed by atoms with van der Waals surface area (Å²) in [6, 6.07) is 14.0. The number of piperazine rings is 1. The predicted molar refractivity (Wildman–Crippen MR) is 160 cm³/mol. The molecule has 2 aromatic carbocycles. The maximum absolute atomic E-state index is 15.3. The van der Waals surface area contributed by atoms with Gasteiger partial charge in [-0.3, -0.25) is 9.59 Å². The quantitative estimate of drug-likeness (QED) is 0.179. The lowest BCUT2D eigenvalue weighted by Gasteiger charge is -2.36. The molecule has 1 N–H and O–H groups in total. The maximum atomic E-state index is 15.3. The van der Waals surface area contributed by atoms with E-state index in [0.29, 0.717) is 48.6 Å². The molecule has 1 amide bonds. The first kappa shape index (κ1) is 28.6. The molecule has 0 bridgehead atoms. The van der Waals surface area contributed by atoms with Crippen LogP contribution < -0.4 is 10.3 Å². The zero-order chi connectivity index (χ0) is 30.2. The normalized spacial score (nSPS) is 15.0. The number of anilines is 1. The minimum Gasteiger partial charge on any atom is -0.477 e. The Labute approximate surface area is 254 Å². The van der Waals surface area contributed by atoms with Crippen LogP contribution >= 0.6 is 23.4 Å². The van der Waals surface area contributed by atoms with Gasteiger partial charge >= 0.3 is 5.97 Å². The van der Waals surface area contributed by atoms with E-state index in [1.165, 1.54) is 6.20 Å². The van der Waals surface area contributed by atoms with Crippen LogP contribution in [0, 0.1) is 17.1 Å². The third kappa shape index (κ3) is 5.66. The van der Waals surface area contributed by atoms with Crippen LogP contribution in [0.3, 0.4) is 0 Å². The second-order valence-corrected chi connectivity index (χ2v) is 11.6. The van der Waals surface area contributed by atoms with Crippen molar-refractivity contribution in [2.24, 2.45) is 0 Å². The van der Waals surface area contributed by atoms with E-state index >= 15 is 4.39 Å². The zero-order valence-electron chi connectivity index (χ0n) is 22.7. The van der Waals surface area contributed by atoms with E-state index in [4.69, 9.17) is 11.6 Å². The molecule has 0 unspecified atom stereocenters. The van der Waals surface area contributed by atoms with Gasteiger partial charge in [0.25, 0.3) is 0 Å². The van der Waals surface area contributed by atoms with Gasteiger partial charge in [0.05, 0.1) is 22.7 Å². The Morgan fingerprint density at radius 2 is 1.84 bits per heavy atom. The van der Waals surface area contributed by atoms with Crippen molar-refractivity contribution in [3.63, 3.8) is 0 Å². The minimum atomic E-state index is -1.34. The van der Waals surface area contributed by atoms with E-state index in [1.54, 1.807) is 15.5 Å². The Kier molecular flexibility index (Phi) is 7.77. The number of fused-ring (bicyclic) bond motifs is 1. The monoisotopic (exact) mass is 618 g/mol. The number of aromatic carboxylic acids is 1. The molecule has 0 spiro atoms. The summed E-state index contributed by atoms with van der Waals surface area (Å²) in [5, 5.41) is 19.4. The Balaban J connectivity index is 1.15. The number of amides is 1. The fraction of sp³-hybridized carbons (Fsp3) is 0.267. The smallest absolute Gasteiger partial charge is 0.341 e. The highest BCUT2D eigenvalue weighted by Crippen LogP contribution is 2.38. The Morgan fingerprint density at radius 3 is 2.49 bits per heavy atom. The lowest BCUT2D eigenvalue weighted by atomic mass is 10.1. The first-order chi connectivity index (χ1) is 20.7. The largest absolute Gasteiger partial charge is 0.477 e. The average Bonchev–Trinajstić information content (AvgIpc) is 3.86. The molecule has 0 atom stereocenters. The number of hydrogen-bond acceptors (Lipinski definition) is 8. The van der Waals surface area contributed by atoms with Crippen LogP contribution in [0.15, 0.2) is 58.6 Å². The van der Waals surface area contributed by atoms with Crippen molar-refractivity contribution in [1.29, 1.82) is 5.26 Å². The van der Waals surface area contributed by atoms with Crippen molar-refractivity contribution in [1.82, 2.24) is 19.4 Å². The number of halogens is 2. The van der Waals surface area contributed by atoms with E-state index in [9.17, 15) is 24.8 Å². The van der Waals surface area contributed by atoms with E-state index < -0.39 is 17.2 Å². The molecule has 1 aliphatic carbocycles. The number of benzene rings is 2. The number of rotatable bonds is 7. The summed E-state index contributed by atoms with van der Waals surface area (Å²) >= 11 is 7.39. The van der Waals surface area contributed by atoms with Crippen molar-refractivity contribution < 1.29 is 19.1 Å². The molecule has 6 rings (SSSR count). The van der Waals surface area contributed by atoms with Crippen molar-refractivity contribution in [3.8, 4) is 17.3 Å². The van der Waals surface area contributed by atoms with Gasteiger partial charge in [0.2, 0.25) is 11.3 Å². The number of nitriles is 1. The van der Waals surface area contributed by atoms with Crippen molar-refractivity contribution >= 4 is 51.8 Å². The number of carboxylic acids is 1. The Morgan fingerprint density at radius 1 is 1.12 bits per heavy atom. The molecular formula is C30H24ClFN6O4S. The Hall–Kier alpha value is -4.47. The molecule has 218 valence electrons. The van der Waals surface area contributed by atoms with Crippen molar-refractivity contribution in [3.05, 3.63) is 81.0 Å². The molecule has 2 fully saturated rings. The third-order valence-corrected chi connectivity index (χ3v) is 8.68. The molecule has 1 saturated heterocycles. The van der Waals surface area contributed by atoms with Crippen LogP contribution in [0.2, 0.25) is 5.15 Å². The molecule has 2 aliphatic rings. The van der Waals surface area contributed by atoms with Gasteiger partial charge in [-0.05, 0) is 25.0 Å². The topological polar surface area (TPSA) is 132 Å². The molecule has 3 heterocycles. The molecule has 0 radical (unpaired) electrons. The highest BCUT2D eigenvalue weighted by Gasteiger charge is 2.29. The molecule has 2 aromatic heterocycles. The number of nitrogens with zero attached hydrogens (tertiary/aromatic N) is 6. The van der Waals surface area contributed by atoms with Gasteiger partial charge in [0.1, 0.15) is 23.0 Å². The number of carboxylic acid groups (broad SMARTS) is 1. The number of hydrogen-bond donors (Lipinski definition) is 1. The summed E-state index contributed by atoms with van der Waals surface area (Å²) < 4.78 is 17.1. The fourth-order valence-corrected chi connectivity index (χ4v) is 6.21. The second kappa shape index (κ2) is 11.7. The van der Waals surface area contributed by atoms with Crippen LogP contribution in [-0.4, -0.2) is 68.3 Å². The zero-order valence-corrected chi connectivity index (χ0v) is 24.2. The van der Waals surface area contributed by atoms with Crippen LogP contribution in [0.4, 0.5) is 10.1 Å². The van der Waals surface area contributed by atoms with Gasteiger partial charge in [-0.25, -0.2) is 19.2 Å².